The maximum Gasteiger partial charge on any atom is 0.298 e. The van der Waals surface area contributed by atoms with E-state index >= 15 is 0 Å². The molecule has 27 heavy (non-hydrogen) atoms. The van der Waals surface area contributed by atoms with E-state index in [0.29, 0.717) is 11.4 Å². The number of para-hydroxylation sites is 2. The number of methoxy groups -OCH3 is 1. The normalized spacial score (nSPS) is 11.8. The molecule has 0 saturated heterocycles. The number of nitrogens with zero attached hydrogens (tertiary/aromatic N) is 3. The van der Waals surface area contributed by atoms with Gasteiger partial charge in [-0.25, -0.2) is 0 Å². The van der Waals surface area contributed by atoms with E-state index in [0.717, 1.165) is 6.07 Å². The van der Waals surface area contributed by atoms with Gasteiger partial charge in [0.2, 0.25) is 6.04 Å². The largest absolute Gasteiger partial charge is 0.495 e. The Balaban J connectivity index is 2.28. The van der Waals surface area contributed by atoms with Gasteiger partial charge in [-0.3, -0.25) is 19.7 Å². The molecule has 140 valence electrons. The van der Waals surface area contributed by atoms with Crippen LogP contribution in [0.5, 0.6) is 5.75 Å². The van der Waals surface area contributed by atoms with Crippen LogP contribution in [0.1, 0.15) is 6.92 Å². The topological polar surface area (TPSA) is 123 Å². The van der Waals surface area contributed by atoms with E-state index < -0.39 is 28.3 Å². The van der Waals surface area contributed by atoms with Crippen molar-refractivity contribution in [2.45, 2.75) is 13.0 Å². The molecule has 10 heteroatoms. The van der Waals surface area contributed by atoms with E-state index in [1.807, 2.05) is 0 Å². The Morgan fingerprint density at radius 1 is 1.26 bits per heavy atom. The SMILES string of the molecule is COc1ccccc1NC(=O)C(/N=N/c1ccc(Cl)cc1[N+](=O)[O-])C(C)=O. The maximum atomic E-state index is 12.4. The number of azo groups is 1. The Hall–Kier alpha value is -3.33. The lowest BCUT2D eigenvalue weighted by Crippen LogP contribution is -2.31. The Bertz CT molecular complexity index is 916. The number of rotatable bonds is 7. The smallest absolute Gasteiger partial charge is 0.298 e. The van der Waals surface area contributed by atoms with Crippen molar-refractivity contribution < 1.29 is 19.2 Å². The van der Waals surface area contributed by atoms with Crippen LogP contribution in [0, 0.1) is 10.1 Å². The van der Waals surface area contributed by atoms with Crippen molar-refractivity contribution in [3.63, 3.8) is 0 Å². The van der Waals surface area contributed by atoms with Gasteiger partial charge in [-0.2, -0.15) is 5.11 Å². The van der Waals surface area contributed by atoms with Crippen LogP contribution in [0.15, 0.2) is 52.7 Å². The Kier molecular flexibility index (Phi) is 6.56. The number of nitro benzene ring substituents is 1. The second kappa shape index (κ2) is 8.86. The first-order valence-electron chi connectivity index (χ1n) is 7.62. The first-order valence-corrected chi connectivity index (χ1v) is 8.00. The number of carbonyl (C=O) groups excluding carboxylic acids is 2. The number of carbonyl (C=O) groups is 2. The van der Waals surface area contributed by atoms with Crippen molar-refractivity contribution >= 4 is 40.4 Å². The minimum Gasteiger partial charge on any atom is -0.495 e. The molecule has 0 aliphatic carbocycles. The Morgan fingerprint density at radius 2 is 1.96 bits per heavy atom. The maximum absolute atomic E-state index is 12.4. The summed E-state index contributed by atoms with van der Waals surface area (Å²) in [5.74, 6) is -0.923. The van der Waals surface area contributed by atoms with Crippen LogP contribution in [0.3, 0.4) is 0 Å². The third-order valence-electron chi connectivity index (χ3n) is 3.41. The lowest BCUT2D eigenvalue weighted by atomic mass is 10.2. The van der Waals surface area contributed by atoms with Crippen LogP contribution in [-0.4, -0.2) is 29.8 Å². The van der Waals surface area contributed by atoms with Gasteiger partial charge in [0.1, 0.15) is 5.75 Å². The molecule has 1 unspecified atom stereocenters. The van der Waals surface area contributed by atoms with Gasteiger partial charge >= 0.3 is 0 Å². The van der Waals surface area contributed by atoms with E-state index in [2.05, 4.69) is 15.5 Å². The average molecular weight is 391 g/mol. The van der Waals surface area contributed by atoms with Crippen LogP contribution in [-0.2, 0) is 9.59 Å². The number of nitro groups is 1. The average Bonchev–Trinajstić information content (AvgIpc) is 2.63. The van der Waals surface area contributed by atoms with Crippen molar-refractivity contribution in [1.29, 1.82) is 0 Å². The molecule has 9 nitrogen and oxygen atoms in total. The van der Waals surface area contributed by atoms with E-state index in [1.165, 1.54) is 26.2 Å². The Morgan fingerprint density at radius 3 is 2.59 bits per heavy atom. The van der Waals surface area contributed by atoms with Gasteiger partial charge in [0.25, 0.3) is 11.6 Å². The van der Waals surface area contributed by atoms with Gasteiger partial charge in [0.05, 0.1) is 17.7 Å². The van der Waals surface area contributed by atoms with Crippen molar-refractivity contribution in [2.24, 2.45) is 10.2 Å². The number of ketones is 1. The minimum atomic E-state index is -1.48. The molecule has 2 rings (SSSR count). The first kappa shape index (κ1) is 20.0. The van der Waals surface area contributed by atoms with Crippen LogP contribution < -0.4 is 10.1 Å². The summed E-state index contributed by atoms with van der Waals surface area (Å²) < 4.78 is 5.13. The number of halogens is 1. The molecule has 0 bridgehead atoms. The zero-order valence-corrected chi connectivity index (χ0v) is 15.1. The molecule has 0 saturated carbocycles. The van der Waals surface area contributed by atoms with E-state index in [-0.39, 0.29) is 10.7 Å². The van der Waals surface area contributed by atoms with Crippen molar-refractivity contribution in [2.75, 3.05) is 12.4 Å². The third-order valence-corrected chi connectivity index (χ3v) is 3.65. The highest BCUT2D eigenvalue weighted by atomic mass is 35.5. The van der Waals surface area contributed by atoms with E-state index in [1.54, 1.807) is 24.3 Å². The highest BCUT2D eigenvalue weighted by Crippen LogP contribution is 2.31. The molecular formula is C17H15ClN4O5. The lowest BCUT2D eigenvalue weighted by Gasteiger charge is -2.12. The van der Waals surface area contributed by atoms with Gasteiger partial charge < -0.3 is 10.1 Å². The molecule has 0 aliphatic rings. The number of hydrogen-bond acceptors (Lipinski definition) is 7. The predicted octanol–water partition coefficient (Wildman–Crippen LogP) is 3.94. The highest BCUT2D eigenvalue weighted by Gasteiger charge is 2.25. The number of Topliss-reactive ketones (excluding diaryl/α,β-unsaturated/α-hetero) is 1. The van der Waals surface area contributed by atoms with Gasteiger partial charge in [0.15, 0.2) is 11.5 Å². The first-order chi connectivity index (χ1) is 12.8. The fraction of sp³-hybridized carbons (Fsp3) is 0.176. The molecule has 0 heterocycles. The number of amides is 1. The molecule has 0 aliphatic heterocycles. The van der Waals surface area contributed by atoms with Crippen LogP contribution in [0.2, 0.25) is 5.02 Å². The zero-order chi connectivity index (χ0) is 20.0. The summed E-state index contributed by atoms with van der Waals surface area (Å²) in [5.41, 5.74) is -0.164. The molecule has 1 N–H and O–H groups in total. The summed E-state index contributed by atoms with van der Waals surface area (Å²) in [7, 11) is 1.44. The second-order valence-electron chi connectivity index (χ2n) is 5.31. The lowest BCUT2D eigenvalue weighted by molar-refractivity contribution is -0.384. The van der Waals surface area contributed by atoms with Gasteiger partial charge in [0, 0.05) is 11.1 Å². The van der Waals surface area contributed by atoms with Gasteiger partial charge in [-0.05, 0) is 31.2 Å². The number of anilines is 1. The monoisotopic (exact) mass is 390 g/mol. The number of nitrogens with one attached hydrogen (secondary N) is 1. The molecule has 0 radical (unpaired) electrons. The summed E-state index contributed by atoms with van der Waals surface area (Å²) in [5, 5.41) is 21.2. The highest BCUT2D eigenvalue weighted by molar-refractivity contribution is 6.30. The quantitative estimate of drug-likeness (QED) is 0.332. The molecule has 2 aromatic carbocycles. The second-order valence-corrected chi connectivity index (χ2v) is 5.74. The summed E-state index contributed by atoms with van der Waals surface area (Å²) in [6, 6.07) is 8.92. The minimum absolute atomic E-state index is 0.124. The Labute approximate surface area is 159 Å². The predicted molar refractivity (Wildman–Crippen MR) is 98.7 cm³/mol. The van der Waals surface area contributed by atoms with Gasteiger partial charge in [-0.15, -0.1) is 5.11 Å². The standard InChI is InChI=1S/C17H15ClN4O5/c1-10(23)16(17(24)19-13-5-3-4-6-15(13)27-2)21-20-12-8-7-11(18)9-14(12)22(25)26/h3-9,16H,1-2H3,(H,19,24)/b21-20+. The van der Waals surface area contributed by atoms with Crippen molar-refractivity contribution in [3.8, 4) is 5.75 Å². The van der Waals surface area contributed by atoms with E-state index in [9.17, 15) is 19.7 Å². The summed E-state index contributed by atoms with van der Waals surface area (Å²) in [4.78, 5) is 34.6. The number of hydrogen-bond donors (Lipinski definition) is 1. The summed E-state index contributed by atoms with van der Waals surface area (Å²) in [6.07, 6.45) is 0. The van der Waals surface area contributed by atoms with Crippen molar-refractivity contribution in [1.82, 2.24) is 0 Å². The summed E-state index contributed by atoms with van der Waals surface area (Å²) >= 11 is 5.74. The third kappa shape index (κ3) is 5.08. The molecule has 0 spiro atoms. The van der Waals surface area contributed by atoms with Crippen LogP contribution in [0.4, 0.5) is 17.1 Å². The molecule has 0 fully saturated rings. The van der Waals surface area contributed by atoms with Crippen LogP contribution in [0.25, 0.3) is 0 Å². The van der Waals surface area contributed by atoms with Crippen molar-refractivity contribution in [3.05, 3.63) is 57.6 Å². The van der Waals surface area contributed by atoms with E-state index in [4.69, 9.17) is 16.3 Å². The molecule has 1 atom stereocenters. The fourth-order valence-electron chi connectivity index (χ4n) is 2.11. The molecule has 0 aromatic heterocycles. The zero-order valence-electron chi connectivity index (χ0n) is 14.4. The molecule has 2 aromatic rings. The molecule has 1 amide bonds. The van der Waals surface area contributed by atoms with Gasteiger partial charge in [-0.1, -0.05) is 23.7 Å². The summed E-state index contributed by atoms with van der Waals surface area (Å²) in [6.45, 7) is 1.17. The van der Waals surface area contributed by atoms with Crippen LogP contribution >= 0.6 is 11.6 Å². The fourth-order valence-corrected chi connectivity index (χ4v) is 2.28. The number of ether oxygens (including phenoxy) is 1. The molecular weight excluding hydrogens is 376 g/mol. The number of benzene rings is 2.